The molecular weight excluding hydrogens is 348 g/mol. The van der Waals surface area contributed by atoms with E-state index in [4.69, 9.17) is 13.9 Å². The zero-order chi connectivity index (χ0) is 19.2. The fourth-order valence-corrected chi connectivity index (χ4v) is 2.56. The third kappa shape index (κ3) is 2.37. The lowest BCUT2D eigenvalue weighted by atomic mass is 10.1. The largest absolute Gasteiger partial charge is 0.507 e. The molecule has 2 aromatic carbocycles. The van der Waals surface area contributed by atoms with Crippen molar-refractivity contribution in [3.63, 3.8) is 0 Å². The van der Waals surface area contributed by atoms with Gasteiger partial charge in [0.15, 0.2) is 34.3 Å². The van der Waals surface area contributed by atoms with Gasteiger partial charge in [0.1, 0.15) is 11.1 Å². The van der Waals surface area contributed by atoms with Gasteiger partial charge in [-0.05, 0) is 12.1 Å². The van der Waals surface area contributed by atoms with Crippen LogP contribution in [0.5, 0.6) is 40.2 Å². The Hall–Kier alpha value is -3.75. The van der Waals surface area contributed by atoms with Crippen LogP contribution in [0.2, 0.25) is 0 Å². The highest BCUT2D eigenvalue weighted by Gasteiger charge is 2.24. The summed E-state index contributed by atoms with van der Waals surface area (Å²) in [6, 6.07) is 3.10. The SMILES string of the molecule is COc1cc(O)c2c(=O)c(OC)c(-c3cc(O)c(O)c(O)c3)oc2c1O. The van der Waals surface area contributed by atoms with Crippen LogP contribution in [0.4, 0.5) is 0 Å². The Morgan fingerprint density at radius 1 is 0.846 bits per heavy atom. The first-order valence-electron chi connectivity index (χ1n) is 7.19. The van der Waals surface area contributed by atoms with Crippen molar-refractivity contribution >= 4 is 11.0 Å². The van der Waals surface area contributed by atoms with Crippen LogP contribution in [0, 0.1) is 0 Å². The molecule has 5 N–H and O–H groups in total. The molecule has 0 fully saturated rings. The van der Waals surface area contributed by atoms with Crippen molar-refractivity contribution in [1.29, 1.82) is 0 Å². The molecule has 136 valence electrons. The first-order valence-corrected chi connectivity index (χ1v) is 7.19. The van der Waals surface area contributed by atoms with E-state index in [9.17, 15) is 30.3 Å². The third-order valence-corrected chi connectivity index (χ3v) is 3.80. The molecule has 9 heteroatoms. The maximum absolute atomic E-state index is 12.7. The van der Waals surface area contributed by atoms with E-state index >= 15 is 0 Å². The Kier molecular flexibility index (Phi) is 3.91. The minimum absolute atomic E-state index is 0.0182. The molecule has 3 aromatic rings. The third-order valence-electron chi connectivity index (χ3n) is 3.80. The molecule has 0 aliphatic carbocycles. The van der Waals surface area contributed by atoms with Crippen molar-refractivity contribution in [1.82, 2.24) is 0 Å². The van der Waals surface area contributed by atoms with Gasteiger partial charge in [-0.3, -0.25) is 4.79 Å². The van der Waals surface area contributed by atoms with Crippen molar-refractivity contribution in [3.05, 3.63) is 28.4 Å². The number of fused-ring (bicyclic) bond motifs is 1. The smallest absolute Gasteiger partial charge is 0.239 e. The Morgan fingerprint density at radius 2 is 1.46 bits per heavy atom. The van der Waals surface area contributed by atoms with E-state index in [1.54, 1.807) is 0 Å². The maximum Gasteiger partial charge on any atom is 0.239 e. The zero-order valence-electron chi connectivity index (χ0n) is 13.6. The molecule has 0 aliphatic heterocycles. The average molecular weight is 362 g/mol. The summed E-state index contributed by atoms with van der Waals surface area (Å²) in [7, 11) is 2.43. The summed E-state index contributed by atoms with van der Waals surface area (Å²) < 4.78 is 15.5. The van der Waals surface area contributed by atoms with Gasteiger partial charge in [-0.1, -0.05) is 0 Å². The minimum Gasteiger partial charge on any atom is -0.507 e. The van der Waals surface area contributed by atoms with E-state index in [0.29, 0.717) is 0 Å². The number of aromatic hydroxyl groups is 5. The van der Waals surface area contributed by atoms with Gasteiger partial charge < -0.3 is 39.4 Å². The van der Waals surface area contributed by atoms with Crippen molar-refractivity contribution < 1.29 is 39.4 Å². The molecule has 0 amide bonds. The lowest BCUT2D eigenvalue weighted by molar-refractivity contribution is 0.363. The van der Waals surface area contributed by atoms with Gasteiger partial charge in [-0.15, -0.1) is 0 Å². The van der Waals surface area contributed by atoms with Gasteiger partial charge in [-0.25, -0.2) is 0 Å². The predicted octanol–water partition coefficient (Wildman–Crippen LogP) is 2.01. The molecule has 1 aromatic heterocycles. The van der Waals surface area contributed by atoms with Gasteiger partial charge in [0, 0.05) is 11.6 Å². The first kappa shape index (κ1) is 17.1. The first-order chi connectivity index (χ1) is 12.3. The van der Waals surface area contributed by atoms with Crippen LogP contribution in [0.3, 0.4) is 0 Å². The van der Waals surface area contributed by atoms with Crippen molar-refractivity contribution in [2.75, 3.05) is 14.2 Å². The van der Waals surface area contributed by atoms with E-state index in [2.05, 4.69) is 0 Å². The lowest BCUT2D eigenvalue weighted by Crippen LogP contribution is -2.08. The monoisotopic (exact) mass is 362 g/mol. The molecule has 0 spiro atoms. The average Bonchev–Trinajstić information content (AvgIpc) is 2.61. The fourth-order valence-electron chi connectivity index (χ4n) is 2.56. The van der Waals surface area contributed by atoms with Crippen LogP contribution in [0.1, 0.15) is 0 Å². The quantitative estimate of drug-likeness (QED) is 0.348. The molecule has 0 saturated carbocycles. The molecule has 0 unspecified atom stereocenters. The Labute approximate surface area is 145 Å². The van der Waals surface area contributed by atoms with Crippen LogP contribution in [0.25, 0.3) is 22.3 Å². The summed E-state index contributed by atoms with van der Waals surface area (Å²) >= 11 is 0. The highest BCUT2D eigenvalue weighted by Crippen LogP contribution is 2.45. The second-order valence-corrected chi connectivity index (χ2v) is 5.31. The molecule has 1 heterocycles. The van der Waals surface area contributed by atoms with E-state index in [-0.39, 0.29) is 33.8 Å². The Morgan fingerprint density at radius 3 is 2.00 bits per heavy atom. The number of phenolic OH excluding ortho intramolecular Hbond substituents is 5. The van der Waals surface area contributed by atoms with E-state index in [0.717, 1.165) is 18.2 Å². The molecule has 0 bridgehead atoms. The zero-order valence-corrected chi connectivity index (χ0v) is 13.6. The summed E-state index contributed by atoms with van der Waals surface area (Å²) in [6.07, 6.45) is 0. The molecule has 0 saturated heterocycles. The normalized spacial score (nSPS) is 10.8. The highest BCUT2D eigenvalue weighted by atomic mass is 16.5. The van der Waals surface area contributed by atoms with Crippen LogP contribution >= 0.6 is 0 Å². The number of hydrogen-bond donors (Lipinski definition) is 5. The van der Waals surface area contributed by atoms with Gasteiger partial charge in [0.2, 0.25) is 16.9 Å². The Balaban J connectivity index is 2.47. The van der Waals surface area contributed by atoms with Crippen LogP contribution in [0.15, 0.2) is 27.4 Å². The molecule has 0 atom stereocenters. The van der Waals surface area contributed by atoms with Crippen molar-refractivity contribution in [2.45, 2.75) is 0 Å². The lowest BCUT2D eigenvalue weighted by Gasteiger charge is -2.13. The summed E-state index contributed by atoms with van der Waals surface area (Å²) in [5.41, 5.74) is -1.20. The Bertz CT molecular complexity index is 1060. The number of hydrogen-bond acceptors (Lipinski definition) is 9. The van der Waals surface area contributed by atoms with Gasteiger partial charge >= 0.3 is 0 Å². The van der Waals surface area contributed by atoms with Crippen LogP contribution in [-0.2, 0) is 0 Å². The van der Waals surface area contributed by atoms with Crippen LogP contribution in [-0.4, -0.2) is 39.8 Å². The summed E-state index contributed by atoms with van der Waals surface area (Å²) in [4.78, 5) is 12.7. The standard InChI is InChI=1S/C17H14O9/c1-24-10-5-7(18)11-14(23)17(25-2)15(26-16(11)13(10)22)6-3-8(19)12(21)9(20)4-6/h3-5,18-22H,1-2H3. The molecule has 9 nitrogen and oxygen atoms in total. The number of benzene rings is 2. The highest BCUT2D eigenvalue weighted by molar-refractivity contribution is 5.93. The fraction of sp³-hybridized carbons (Fsp3) is 0.118. The maximum atomic E-state index is 12.7. The summed E-state index contributed by atoms with van der Waals surface area (Å²) in [5.74, 6) is -3.84. The molecular formula is C17H14O9. The molecule has 0 aliphatic rings. The van der Waals surface area contributed by atoms with Gasteiger partial charge in [0.25, 0.3) is 0 Å². The second kappa shape index (κ2) is 5.96. The minimum atomic E-state index is -0.800. The number of phenols is 5. The number of methoxy groups -OCH3 is 2. The van der Waals surface area contributed by atoms with E-state index in [1.165, 1.54) is 14.2 Å². The van der Waals surface area contributed by atoms with Gasteiger partial charge in [-0.2, -0.15) is 0 Å². The number of ether oxygens (including phenoxy) is 2. The van der Waals surface area contributed by atoms with Gasteiger partial charge in [0.05, 0.1) is 14.2 Å². The molecule has 0 radical (unpaired) electrons. The van der Waals surface area contributed by atoms with Crippen LogP contribution < -0.4 is 14.9 Å². The number of rotatable bonds is 3. The summed E-state index contributed by atoms with van der Waals surface area (Å²) in [5, 5.41) is 48.8. The summed E-state index contributed by atoms with van der Waals surface area (Å²) in [6.45, 7) is 0. The topological polar surface area (TPSA) is 150 Å². The van der Waals surface area contributed by atoms with E-state index in [1.807, 2.05) is 0 Å². The predicted molar refractivity (Wildman–Crippen MR) is 89.3 cm³/mol. The molecule has 26 heavy (non-hydrogen) atoms. The second-order valence-electron chi connectivity index (χ2n) is 5.31. The van der Waals surface area contributed by atoms with E-state index < -0.39 is 34.2 Å². The molecule has 3 rings (SSSR count). The van der Waals surface area contributed by atoms with Crippen molar-refractivity contribution in [2.24, 2.45) is 0 Å². The van der Waals surface area contributed by atoms with Crippen molar-refractivity contribution in [3.8, 4) is 51.6 Å².